The van der Waals surface area contributed by atoms with E-state index in [2.05, 4.69) is 52.0 Å². The molecule has 5 nitrogen and oxygen atoms in total. The molecule has 90 valence electrons. The van der Waals surface area contributed by atoms with Gasteiger partial charge in [-0.3, -0.25) is 0 Å². The molecule has 0 aliphatic carbocycles. The third kappa shape index (κ3) is 2.68. The zero-order chi connectivity index (χ0) is 12.3. The van der Waals surface area contributed by atoms with Gasteiger partial charge in [-0.15, -0.1) is 5.10 Å². The number of aryl methyl sites for hydroxylation is 1. The molecule has 0 bridgehead atoms. The third-order valence-electron chi connectivity index (χ3n) is 2.83. The van der Waals surface area contributed by atoms with Gasteiger partial charge in [0.15, 0.2) is 5.82 Å². The number of aromatic nitrogens is 4. The zero-order valence-corrected chi connectivity index (χ0v) is 10.4. The van der Waals surface area contributed by atoms with Gasteiger partial charge in [-0.05, 0) is 36.9 Å². The van der Waals surface area contributed by atoms with E-state index in [1.54, 1.807) is 0 Å². The number of nitrogens with zero attached hydrogens (tertiary/aromatic N) is 4. The van der Waals surface area contributed by atoms with Crippen molar-refractivity contribution < 1.29 is 0 Å². The van der Waals surface area contributed by atoms with Gasteiger partial charge in [0.25, 0.3) is 0 Å². The Bertz CT molecular complexity index is 474. The lowest BCUT2D eigenvalue weighted by Gasteiger charge is -2.10. The fourth-order valence-electron chi connectivity index (χ4n) is 1.63. The van der Waals surface area contributed by atoms with Crippen molar-refractivity contribution in [3.8, 4) is 0 Å². The first kappa shape index (κ1) is 11.7. The van der Waals surface area contributed by atoms with Crippen LogP contribution in [0.25, 0.3) is 0 Å². The molecule has 2 rings (SSSR count). The molecule has 0 saturated carbocycles. The highest BCUT2D eigenvalue weighted by atomic mass is 15.5. The van der Waals surface area contributed by atoms with Crippen molar-refractivity contribution in [1.29, 1.82) is 0 Å². The van der Waals surface area contributed by atoms with E-state index < -0.39 is 0 Å². The van der Waals surface area contributed by atoms with Crippen molar-refractivity contribution in [2.75, 3.05) is 7.05 Å². The molecule has 1 heterocycles. The van der Waals surface area contributed by atoms with Crippen molar-refractivity contribution in [3.63, 3.8) is 0 Å². The van der Waals surface area contributed by atoms with Crippen LogP contribution in [0.2, 0.25) is 0 Å². The Kier molecular flexibility index (Phi) is 3.49. The average Bonchev–Trinajstić information content (AvgIpc) is 2.79. The first-order chi connectivity index (χ1) is 8.20. The predicted octanol–water partition coefficient (Wildman–Crippen LogP) is 1.31. The van der Waals surface area contributed by atoms with E-state index in [-0.39, 0.29) is 6.04 Å². The molecule has 5 heteroatoms. The fourth-order valence-corrected chi connectivity index (χ4v) is 1.63. The van der Waals surface area contributed by atoms with Crippen LogP contribution in [0.4, 0.5) is 0 Å². The smallest absolute Gasteiger partial charge is 0.168 e. The minimum atomic E-state index is 0.149. The summed E-state index contributed by atoms with van der Waals surface area (Å²) in [6.45, 7) is 4.82. The summed E-state index contributed by atoms with van der Waals surface area (Å²) in [7, 11) is 1.90. The molecule has 1 N–H and O–H groups in total. The monoisotopic (exact) mass is 231 g/mol. The number of hydrogen-bond acceptors (Lipinski definition) is 4. The van der Waals surface area contributed by atoms with Gasteiger partial charge < -0.3 is 5.32 Å². The Labute approximate surface area is 101 Å². The van der Waals surface area contributed by atoms with Crippen LogP contribution in [0.1, 0.15) is 29.9 Å². The lowest BCUT2D eigenvalue weighted by Crippen LogP contribution is -2.19. The van der Waals surface area contributed by atoms with E-state index in [1.165, 1.54) is 11.1 Å². The maximum absolute atomic E-state index is 4.04. The molecule has 17 heavy (non-hydrogen) atoms. The van der Waals surface area contributed by atoms with E-state index in [9.17, 15) is 0 Å². The maximum Gasteiger partial charge on any atom is 0.168 e. The number of benzene rings is 1. The van der Waals surface area contributed by atoms with Gasteiger partial charge >= 0.3 is 0 Å². The van der Waals surface area contributed by atoms with E-state index in [0.717, 1.165) is 5.82 Å². The molecule has 0 saturated heterocycles. The van der Waals surface area contributed by atoms with Crippen LogP contribution in [0.5, 0.6) is 0 Å². The minimum Gasteiger partial charge on any atom is -0.311 e. The van der Waals surface area contributed by atoms with Crippen molar-refractivity contribution in [3.05, 3.63) is 41.2 Å². The normalized spacial score (nSPS) is 12.6. The third-order valence-corrected chi connectivity index (χ3v) is 2.83. The molecule has 2 aromatic rings. The summed E-state index contributed by atoms with van der Waals surface area (Å²) in [5, 5.41) is 14.9. The average molecular weight is 231 g/mol. The van der Waals surface area contributed by atoms with Crippen LogP contribution < -0.4 is 5.32 Å². The van der Waals surface area contributed by atoms with Crippen LogP contribution in [0.15, 0.2) is 24.3 Å². The van der Waals surface area contributed by atoms with Crippen LogP contribution >= 0.6 is 0 Å². The second-order valence-corrected chi connectivity index (χ2v) is 4.19. The topological polar surface area (TPSA) is 55.6 Å². The fraction of sp³-hybridized carbons (Fsp3) is 0.417. The zero-order valence-electron chi connectivity index (χ0n) is 10.4. The molecule has 1 atom stereocenters. The van der Waals surface area contributed by atoms with Gasteiger partial charge in [-0.2, -0.15) is 0 Å². The highest BCUT2D eigenvalue weighted by Crippen LogP contribution is 2.10. The first-order valence-electron chi connectivity index (χ1n) is 5.69. The largest absolute Gasteiger partial charge is 0.311 e. The molecule has 0 fully saturated rings. The van der Waals surface area contributed by atoms with Crippen molar-refractivity contribution in [2.24, 2.45) is 0 Å². The standard InChI is InChI=1S/C12H17N5/c1-9-4-6-11(7-5-9)8-17-12(10(2)13-3)14-15-16-17/h4-7,10,13H,8H2,1-3H3. The Morgan fingerprint density at radius 3 is 2.65 bits per heavy atom. The maximum atomic E-state index is 4.04. The summed E-state index contributed by atoms with van der Waals surface area (Å²) >= 11 is 0. The molecule has 0 amide bonds. The molecule has 0 spiro atoms. The Balaban J connectivity index is 2.18. The predicted molar refractivity (Wildman–Crippen MR) is 65.6 cm³/mol. The van der Waals surface area contributed by atoms with E-state index in [4.69, 9.17) is 0 Å². The van der Waals surface area contributed by atoms with Crippen LogP contribution in [0, 0.1) is 6.92 Å². The molecule has 1 aromatic heterocycles. The SMILES string of the molecule is CNC(C)c1nnnn1Cc1ccc(C)cc1. The number of rotatable bonds is 4. The van der Waals surface area contributed by atoms with Gasteiger partial charge in [-0.25, -0.2) is 4.68 Å². The van der Waals surface area contributed by atoms with Gasteiger partial charge in [0, 0.05) is 0 Å². The molecule has 0 aliphatic heterocycles. The molecule has 0 aliphatic rings. The van der Waals surface area contributed by atoms with Gasteiger partial charge in [0.2, 0.25) is 0 Å². The molecule has 1 aromatic carbocycles. The second-order valence-electron chi connectivity index (χ2n) is 4.19. The summed E-state index contributed by atoms with van der Waals surface area (Å²) in [6.07, 6.45) is 0. The highest BCUT2D eigenvalue weighted by molar-refractivity contribution is 5.21. The summed E-state index contributed by atoms with van der Waals surface area (Å²) in [5.41, 5.74) is 2.46. The van der Waals surface area contributed by atoms with Crippen molar-refractivity contribution in [2.45, 2.75) is 26.4 Å². The Morgan fingerprint density at radius 1 is 1.29 bits per heavy atom. The Hall–Kier alpha value is -1.75. The second kappa shape index (κ2) is 5.05. The summed E-state index contributed by atoms with van der Waals surface area (Å²) in [4.78, 5) is 0. The summed E-state index contributed by atoms with van der Waals surface area (Å²) in [5.74, 6) is 0.855. The van der Waals surface area contributed by atoms with Crippen LogP contribution in [0.3, 0.4) is 0 Å². The molecule has 1 unspecified atom stereocenters. The van der Waals surface area contributed by atoms with Gasteiger partial charge in [0.1, 0.15) is 0 Å². The van der Waals surface area contributed by atoms with E-state index in [1.807, 2.05) is 18.7 Å². The van der Waals surface area contributed by atoms with Crippen LogP contribution in [-0.4, -0.2) is 27.3 Å². The van der Waals surface area contributed by atoms with Gasteiger partial charge in [-0.1, -0.05) is 29.8 Å². The van der Waals surface area contributed by atoms with E-state index in [0.29, 0.717) is 6.54 Å². The van der Waals surface area contributed by atoms with Crippen LogP contribution in [-0.2, 0) is 6.54 Å². The Morgan fingerprint density at radius 2 is 2.00 bits per heavy atom. The molecular formula is C12H17N5. The minimum absolute atomic E-state index is 0.149. The summed E-state index contributed by atoms with van der Waals surface area (Å²) in [6, 6.07) is 8.55. The quantitative estimate of drug-likeness (QED) is 0.862. The number of hydrogen-bond donors (Lipinski definition) is 1. The molecular weight excluding hydrogens is 214 g/mol. The van der Waals surface area contributed by atoms with Gasteiger partial charge in [0.05, 0.1) is 12.6 Å². The van der Waals surface area contributed by atoms with Crippen molar-refractivity contribution >= 4 is 0 Å². The number of tetrazole rings is 1. The summed E-state index contributed by atoms with van der Waals surface area (Å²) < 4.78 is 1.83. The lowest BCUT2D eigenvalue weighted by atomic mass is 10.1. The first-order valence-corrected chi connectivity index (χ1v) is 5.69. The van der Waals surface area contributed by atoms with Crippen molar-refractivity contribution in [1.82, 2.24) is 25.5 Å². The number of nitrogens with one attached hydrogen (secondary N) is 1. The van der Waals surface area contributed by atoms with E-state index >= 15 is 0 Å². The highest BCUT2D eigenvalue weighted by Gasteiger charge is 2.12. The lowest BCUT2D eigenvalue weighted by molar-refractivity contribution is 0.540. The molecule has 0 radical (unpaired) electrons.